The number of carbonyl (C=O) groups excluding carboxylic acids is 2. The van der Waals surface area contributed by atoms with Crippen LogP contribution in [0, 0.1) is 19.8 Å². The van der Waals surface area contributed by atoms with Crippen LogP contribution < -0.4 is 5.32 Å². The summed E-state index contributed by atoms with van der Waals surface area (Å²) in [5.74, 6) is -0.871. The molecule has 1 aliphatic heterocycles. The summed E-state index contributed by atoms with van der Waals surface area (Å²) in [4.78, 5) is 31.1. The predicted octanol–water partition coefficient (Wildman–Crippen LogP) is 4.39. The number of nitrogens with zero attached hydrogens (tertiary/aromatic N) is 4. The van der Waals surface area contributed by atoms with E-state index < -0.39 is 23.3 Å². The summed E-state index contributed by atoms with van der Waals surface area (Å²) in [5, 5.41) is 6.64. The van der Waals surface area contributed by atoms with Gasteiger partial charge in [0.15, 0.2) is 5.69 Å². The number of halogens is 3. The molecule has 4 rings (SSSR count). The number of alkyl halides is 3. The van der Waals surface area contributed by atoms with Gasteiger partial charge in [-0.1, -0.05) is 17.7 Å². The third-order valence-electron chi connectivity index (χ3n) is 5.87. The van der Waals surface area contributed by atoms with E-state index >= 15 is 0 Å². The molecular weight excluding hydrogens is 447 g/mol. The number of hydrogen-bond donors (Lipinski definition) is 1. The summed E-state index contributed by atoms with van der Waals surface area (Å²) in [6.07, 6.45) is -1.52. The number of hydrogen-bond acceptors (Lipinski definition) is 4. The van der Waals surface area contributed by atoms with Gasteiger partial charge >= 0.3 is 6.18 Å². The Morgan fingerprint density at radius 1 is 1.03 bits per heavy atom. The molecule has 1 aliphatic rings. The van der Waals surface area contributed by atoms with Crippen LogP contribution in [0.15, 0.2) is 48.8 Å². The van der Waals surface area contributed by atoms with Crippen LogP contribution in [-0.4, -0.2) is 44.6 Å². The first-order chi connectivity index (χ1) is 16.1. The summed E-state index contributed by atoms with van der Waals surface area (Å²) in [7, 11) is 0. The van der Waals surface area contributed by atoms with Crippen LogP contribution in [-0.2, 0) is 11.0 Å². The fourth-order valence-electron chi connectivity index (χ4n) is 4.01. The second-order valence-electron chi connectivity index (χ2n) is 8.43. The highest BCUT2D eigenvalue weighted by Crippen LogP contribution is 2.35. The van der Waals surface area contributed by atoms with Gasteiger partial charge in [0, 0.05) is 25.2 Å². The monoisotopic (exact) mass is 471 g/mol. The zero-order valence-corrected chi connectivity index (χ0v) is 18.8. The largest absolute Gasteiger partial charge is 0.434 e. The molecule has 34 heavy (non-hydrogen) atoms. The standard InChI is InChI=1S/C24H24F3N5O2/c1-15-3-5-18(6-4-15)32-21(24(25,26)27)19(14-29-32)23(34)31-11-8-17(9-12-31)22(33)30-20-13-16(2)7-10-28-20/h3-7,10,13-14,17H,8-9,11-12H2,1-2H3,(H,28,30,33). The van der Waals surface area contributed by atoms with Crippen molar-refractivity contribution in [3.05, 3.63) is 71.2 Å². The van der Waals surface area contributed by atoms with Crippen molar-refractivity contribution in [1.29, 1.82) is 0 Å². The number of pyridine rings is 1. The average Bonchev–Trinajstić information content (AvgIpc) is 3.25. The molecule has 1 fully saturated rings. The number of anilines is 1. The number of piperidine rings is 1. The highest BCUT2D eigenvalue weighted by atomic mass is 19.4. The van der Waals surface area contributed by atoms with E-state index in [1.165, 1.54) is 17.0 Å². The Labute approximate surface area is 194 Å². The van der Waals surface area contributed by atoms with Crippen molar-refractivity contribution in [2.24, 2.45) is 5.92 Å². The molecule has 0 bridgehead atoms. The summed E-state index contributed by atoms with van der Waals surface area (Å²) in [6.45, 7) is 4.06. The molecule has 2 amide bonds. The summed E-state index contributed by atoms with van der Waals surface area (Å²) >= 11 is 0. The van der Waals surface area contributed by atoms with Crippen LogP contribution in [0.5, 0.6) is 0 Å². The van der Waals surface area contributed by atoms with Gasteiger partial charge < -0.3 is 10.2 Å². The first-order valence-electron chi connectivity index (χ1n) is 10.9. The molecular formula is C24H24F3N5O2. The van der Waals surface area contributed by atoms with Crippen molar-refractivity contribution in [1.82, 2.24) is 19.7 Å². The zero-order chi connectivity index (χ0) is 24.5. The van der Waals surface area contributed by atoms with Gasteiger partial charge in [-0.15, -0.1) is 0 Å². The Bertz CT molecular complexity index is 1200. The number of likely N-dealkylation sites (tertiary alicyclic amines) is 1. The molecule has 0 radical (unpaired) electrons. The first-order valence-corrected chi connectivity index (χ1v) is 10.9. The molecule has 7 nitrogen and oxygen atoms in total. The third kappa shape index (κ3) is 4.95. The molecule has 1 saturated heterocycles. The second kappa shape index (κ2) is 9.28. The average molecular weight is 471 g/mol. The molecule has 3 aromatic rings. The molecule has 1 N–H and O–H groups in total. The van der Waals surface area contributed by atoms with E-state index in [0.717, 1.165) is 22.0 Å². The quantitative estimate of drug-likeness (QED) is 0.612. The Balaban J connectivity index is 1.48. The summed E-state index contributed by atoms with van der Waals surface area (Å²) in [6, 6.07) is 9.98. The highest BCUT2D eigenvalue weighted by molar-refractivity contribution is 5.96. The molecule has 0 saturated carbocycles. The Morgan fingerprint density at radius 3 is 2.32 bits per heavy atom. The van der Waals surface area contributed by atoms with Crippen molar-refractivity contribution in [2.75, 3.05) is 18.4 Å². The molecule has 1 aromatic carbocycles. The van der Waals surface area contributed by atoms with Gasteiger partial charge in [-0.3, -0.25) is 9.59 Å². The van der Waals surface area contributed by atoms with Gasteiger partial charge in [0.1, 0.15) is 5.82 Å². The molecule has 0 unspecified atom stereocenters. The van der Waals surface area contributed by atoms with Gasteiger partial charge in [0.2, 0.25) is 5.91 Å². The van der Waals surface area contributed by atoms with Crippen LogP contribution >= 0.6 is 0 Å². The lowest BCUT2D eigenvalue weighted by Gasteiger charge is -2.31. The lowest BCUT2D eigenvalue weighted by atomic mass is 9.95. The molecule has 10 heteroatoms. The van der Waals surface area contributed by atoms with Crippen molar-refractivity contribution in [3.8, 4) is 5.69 Å². The van der Waals surface area contributed by atoms with Crippen molar-refractivity contribution in [2.45, 2.75) is 32.9 Å². The number of carbonyl (C=O) groups is 2. The number of benzene rings is 1. The van der Waals surface area contributed by atoms with E-state index in [-0.39, 0.29) is 30.6 Å². The van der Waals surface area contributed by atoms with Crippen LogP contribution in [0.3, 0.4) is 0 Å². The minimum Gasteiger partial charge on any atom is -0.338 e. The van der Waals surface area contributed by atoms with E-state index in [2.05, 4.69) is 15.4 Å². The van der Waals surface area contributed by atoms with Crippen LogP contribution in [0.25, 0.3) is 5.69 Å². The second-order valence-corrected chi connectivity index (χ2v) is 8.43. The normalized spacial score (nSPS) is 14.8. The zero-order valence-electron chi connectivity index (χ0n) is 18.8. The topological polar surface area (TPSA) is 80.1 Å². The van der Waals surface area contributed by atoms with Crippen molar-refractivity contribution >= 4 is 17.6 Å². The smallest absolute Gasteiger partial charge is 0.338 e. The third-order valence-corrected chi connectivity index (χ3v) is 5.87. The number of aromatic nitrogens is 3. The van der Waals surface area contributed by atoms with Crippen LogP contribution in [0.1, 0.15) is 40.0 Å². The number of aryl methyl sites for hydroxylation is 2. The lowest BCUT2D eigenvalue weighted by Crippen LogP contribution is -2.42. The molecule has 0 aliphatic carbocycles. The Kier molecular flexibility index (Phi) is 6.41. The van der Waals surface area contributed by atoms with Gasteiger partial charge in [-0.05, 0) is 56.5 Å². The van der Waals surface area contributed by atoms with E-state index in [4.69, 9.17) is 0 Å². The molecule has 0 spiro atoms. The van der Waals surface area contributed by atoms with E-state index in [0.29, 0.717) is 18.7 Å². The lowest BCUT2D eigenvalue weighted by molar-refractivity contribution is -0.143. The Morgan fingerprint density at radius 2 is 1.71 bits per heavy atom. The molecule has 0 atom stereocenters. The van der Waals surface area contributed by atoms with E-state index in [9.17, 15) is 22.8 Å². The molecule has 3 heterocycles. The summed E-state index contributed by atoms with van der Waals surface area (Å²) in [5.41, 5.74) is 0.465. The Hall–Kier alpha value is -3.69. The maximum Gasteiger partial charge on any atom is 0.434 e. The van der Waals surface area contributed by atoms with Gasteiger partial charge in [-0.25, -0.2) is 9.67 Å². The predicted molar refractivity (Wildman–Crippen MR) is 120 cm³/mol. The number of amides is 2. The summed E-state index contributed by atoms with van der Waals surface area (Å²) < 4.78 is 42.6. The maximum atomic E-state index is 13.9. The van der Waals surface area contributed by atoms with Gasteiger partial charge in [-0.2, -0.15) is 18.3 Å². The van der Waals surface area contributed by atoms with E-state index in [1.54, 1.807) is 24.4 Å². The minimum atomic E-state index is -4.77. The number of rotatable bonds is 4. The first kappa shape index (κ1) is 23.5. The van der Waals surface area contributed by atoms with Crippen molar-refractivity contribution in [3.63, 3.8) is 0 Å². The van der Waals surface area contributed by atoms with Crippen LogP contribution in [0.4, 0.5) is 19.0 Å². The van der Waals surface area contributed by atoms with E-state index in [1.807, 2.05) is 19.9 Å². The highest BCUT2D eigenvalue weighted by Gasteiger charge is 2.42. The molecule has 178 valence electrons. The minimum absolute atomic E-state index is 0.172. The van der Waals surface area contributed by atoms with Crippen molar-refractivity contribution < 1.29 is 22.8 Å². The van der Waals surface area contributed by atoms with Crippen LogP contribution in [0.2, 0.25) is 0 Å². The van der Waals surface area contributed by atoms with Gasteiger partial charge in [0.25, 0.3) is 5.91 Å². The SMILES string of the molecule is Cc1ccc(-n2ncc(C(=O)N3CCC(C(=O)Nc4cc(C)ccn4)CC3)c2C(F)(F)F)cc1. The fourth-order valence-corrected chi connectivity index (χ4v) is 4.01. The number of nitrogens with one attached hydrogen (secondary N) is 1. The molecule has 2 aromatic heterocycles. The maximum absolute atomic E-state index is 13.9. The van der Waals surface area contributed by atoms with Gasteiger partial charge in [0.05, 0.1) is 17.4 Å². The fraction of sp³-hybridized carbons (Fsp3) is 0.333.